The monoisotopic (exact) mass is 291 g/mol. The number of likely N-dealkylation sites (tertiary alicyclic amines) is 1. The zero-order chi connectivity index (χ0) is 15.2. The first-order chi connectivity index (χ1) is 10.1. The smallest absolute Gasteiger partial charge is 0.314 e. The van der Waals surface area contributed by atoms with E-state index in [2.05, 4.69) is 16.7 Å². The van der Waals surface area contributed by atoms with E-state index in [9.17, 15) is 9.59 Å². The van der Waals surface area contributed by atoms with Crippen molar-refractivity contribution in [2.45, 2.75) is 32.6 Å². The summed E-state index contributed by atoms with van der Waals surface area (Å²) < 4.78 is 0. The van der Waals surface area contributed by atoms with E-state index in [1.54, 1.807) is 7.05 Å². The number of hydrogen-bond acceptors (Lipinski definition) is 2. The predicted octanol–water partition coefficient (Wildman–Crippen LogP) is 1.82. The van der Waals surface area contributed by atoms with Crippen LogP contribution in [0.2, 0.25) is 0 Å². The second-order valence-electron chi connectivity index (χ2n) is 5.82. The molecule has 0 aromatic rings. The third-order valence-corrected chi connectivity index (χ3v) is 4.30. The average molecular weight is 291 g/mol. The molecule has 1 saturated heterocycles. The number of carbonyl (C=O) groups is 2. The minimum absolute atomic E-state index is 0.130. The first kappa shape index (κ1) is 15.6. The van der Waals surface area contributed by atoms with Gasteiger partial charge >= 0.3 is 6.03 Å². The van der Waals surface area contributed by atoms with Crippen LogP contribution in [0, 0.1) is 5.92 Å². The highest BCUT2D eigenvalue weighted by molar-refractivity contribution is 5.95. The lowest BCUT2D eigenvalue weighted by atomic mass is 10.0. The Morgan fingerprint density at radius 3 is 2.90 bits per heavy atom. The van der Waals surface area contributed by atoms with E-state index < -0.39 is 0 Å². The molecule has 2 rings (SSSR count). The Kier molecular flexibility index (Phi) is 5.42. The van der Waals surface area contributed by atoms with Crippen LogP contribution >= 0.6 is 0 Å². The molecule has 3 amide bonds. The highest BCUT2D eigenvalue weighted by Gasteiger charge is 2.28. The molecule has 1 heterocycles. The van der Waals surface area contributed by atoms with Crippen molar-refractivity contribution in [3.05, 3.63) is 23.3 Å². The van der Waals surface area contributed by atoms with Gasteiger partial charge in [0.25, 0.3) is 0 Å². The highest BCUT2D eigenvalue weighted by Crippen LogP contribution is 2.26. The summed E-state index contributed by atoms with van der Waals surface area (Å²) in [7, 11) is 1.62. The fourth-order valence-corrected chi connectivity index (χ4v) is 3.00. The number of nitrogens with one attached hydrogen (secondary N) is 2. The topological polar surface area (TPSA) is 61.4 Å². The van der Waals surface area contributed by atoms with E-state index in [1.165, 1.54) is 0 Å². The Hall–Kier alpha value is -1.78. The van der Waals surface area contributed by atoms with Crippen LogP contribution in [0.4, 0.5) is 4.79 Å². The molecule has 1 fully saturated rings. The van der Waals surface area contributed by atoms with Crippen LogP contribution in [0.25, 0.3) is 0 Å². The summed E-state index contributed by atoms with van der Waals surface area (Å²) in [6.07, 6.45) is 7.96. The van der Waals surface area contributed by atoms with Crippen LogP contribution < -0.4 is 10.6 Å². The molecule has 0 saturated carbocycles. The van der Waals surface area contributed by atoms with Crippen LogP contribution in [0.5, 0.6) is 0 Å². The van der Waals surface area contributed by atoms with Crippen molar-refractivity contribution in [1.82, 2.24) is 15.5 Å². The second kappa shape index (κ2) is 7.29. The Labute approximate surface area is 126 Å². The third kappa shape index (κ3) is 4.09. The molecule has 0 aromatic heterocycles. The van der Waals surface area contributed by atoms with Crippen molar-refractivity contribution >= 4 is 11.9 Å². The molecular formula is C16H25N3O2. The number of urea groups is 1. The first-order valence-electron chi connectivity index (χ1n) is 7.73. The van der Waals surface area contributed by atoms with Crippen molar-refractivity contribution in [2.75, 3.05) is 26.7 Å². The summed E-state index contributed by atoms with van der Waals surface area (Å²) in [4.78, 5) is 25.5. The molecule has 1 aliphatic heterocycles. The number of nitrogens with zero attached hydrogens (tertiary/aromatic N) is 1. The van der Waals surface area contributed by atoms with Gasteiger partial charge in [0.15, 0.2) is 0 Å². The van der Waals surface area contributed by atoms with Gasteiger partial charge in [-0.25, -0.2) is 4.79 Å². The lowest BCUT2D eigenvalue weighted by molar-refractivity contribution is -0.126. The molecule has 0 aromatic carbocycles. The zero-order valence-corrected chi connectivity index (χ0v) is 12.9. The van der Waals surface area contributed by atoms with Gasteiger partial charge < -0.3 is 15.5 Å². The number of allylic oxidation sites excluding steroid dienone is 3. The lowest BCUT2D eigenvalue weighted by Gasteiger charge is -2.18. The second-order valence-corrected chi connectivity index (χ2v) is 5.82. The van der Waals surface area contributed by atoms with E-state index in [0.29, 0.717) is 12.5 Å². The van der Waals surface area contributed by atoms with Crippen molar-refractivity contribution < 1.29 is 9.59 Å². The summed E-state index contributed by atoms with van der Waals surface area (Å²) in [6, 6.07) is -0.130. The predicted molar refractivity (Wildman–Crippen MR) is 82.8 cm³/mol. The minimum atomic E-state index is -0.130. The van der Waals surface area contributed by atoms with Gasteiger partial charge in [0.2, 0.25) is 5.91 Å². The van der Waals surface area contributed by atoms with Gasteiger partial charge in [-0.05, 0) is 44.1 Å². The molecule has 116 valence electrons. The molecular weight excluding hydrogens is 266 g/mol. The van der Waals surface area contributed by atoms with E-state index in [0.717, 1.165) is 49.9 Å². The van der Waals surface area contributed by atoms with E-state index in [1.807, 2.05) is 17.9 Å². The molecule has 0 spiro atoms. The Bertz CT molecular complexity index is 468. The fraction of sp³-hybridized carbons (Fsp3) is 0.625. The van der Waals surface area contributed by atoms with E-state index in [4.69, 9.17) is 0 Å². The van der Waals surface area contributed by atoms with Crippen molar-refractivity contribution in [1.29, 1.82) is 0 Å². The summed E-state index contributed by atoms with van der Waals surface area (Å²) in [5.41, 5.74) is 2.06. The van der Waals surface area contributed by atoms with Gasteiger partial charge in [-0.3, -0.25) is 4.79 Å². The lowest BCUT2D eigenvalue weighted by Crippen LogP contribution is -2.33. The molecule has 1 atom stereocenters. The quantitative estimate of drug-likeness (QED) is 0.759. The van der Waals surface area contributed by atoms with Gasteiger partial charge in [0.1, 0.15) is 0 Å². The molecule has 1 unspecified atom stereocenters. The molecule has 1 aliphatic carbocycles. The highest BCUT2D eigenvalue weighted by atomic mass is 16.2. The van der Waals surface area contributed by atoms with Crippen LogP contribution in [-0.2, 0) is 4.79 Å². The van der Waals surface area contributed by atoms with Gasteiger partial charge in [-0.1, -0.05) is 12.2 Å². The van der Waals surface area contributed by atoms with E-state index in [-0.39, 0.29) is 11.9 Å². The van der Waals surface area contributed by atoms with Crippen molar-refractivity contribution in [3.8, 4) is 0 Å². The summed E-state index contributed by atoms with van der Waals surface area (Å²) in [5, 5.41) is 5.33. The molecule has 2 aliphatic rings. The van der Waals surface area contributed by atoms with Crippen LogP contribution in [0.15, 0.2) is 23.3 Å². The Balaban J connectivity index is 1.70. The van der Waals surface area contributed by atoms with E-state index >= 15 is 0 Å². The van der Waals surface area contributed by atoms with Gasteiger partial charge in [-0.15, -0.1) is 0 Å². The van der Waals surface area contributed by atoms with Crippen LogP contribution in [-0.4, -0.2) is 43.5 Å². The fourth-order valence-electron chi connectivity index (χ4n) is 3.00. The molecule has 0 radical (unpaired) electrons. The van der Waals surface area contributed by atoms with Crippen molar-refractivity contribution in [3.63, 3.8) is 0 Å². The summed E-state index contributed by atoms with van der Waals surface area (Å²) in [5.74, 6) is 0.777. The standard InChI is InChI=1S/C16H25N3O2/c1-12-5-3-7-14(12)15(20)19-10-8-13(11-19)6-4-9-18-16(21)17-2/h3,5,13H,4,6-11H2,1-2H3,(H2,17,18,21). The maximum absolute atomic E-state index is 12.4. The number of carbonyl (C=O) groups excluding carboxylic acids is 2. The number of hydrogen-bond donors (Lipinski definition) is 2. The van der Waals surface area contributed by atoms with Gasteiger partial charge in [0, 0.05) is 32.3 Å². The molecule has 0 bridgehead atoms. The minimum Gasteiger partial charge on any atom is -0.341 e. The maximum atomic E-state index is 12.4. The number of rotatable bonds is 5. The first-order valence-corrected chi connectivity index (χ1v) is 7.73. The molecule has 21 heavy (non-hydrogen) atoms. The summed E-state index contributed by atoms with van der Waals surface area (Å²) in [6.45, 7) is 4.42. The molecule has 5 heteroatoms. The Morgan fingerprint density at radius 1 is 1.43 bits per heavy atom. The van der Waals surface area contributed by atoms with Crippen LogP contribution in [0.1, 0.15) is 32.6 Å². The summed E-state index contributed by atoms with van der Waals surface area (Å²) >= 11 is 0. The SMILES string of the molecule is CNC(=O)NCCCC1CCN(C(=O)C2=C(C)C=CC2)C1. The Morgan fingerprint density at radius 2 is 2.24 bits per heavy atom. The normalized spacial score (nSPS) is 21.0. The maximum Gasteiger partial charge on any atom is 0.314 e. The number of amides is 3. The average Bonchev–Trinajstić information content (AvgIpc) is 3.11. The van der Waals surface area contributed by atoms with Crippen LogP contribution in [0.3, 0.4) is 0 Å². The van der Waals surface area contributed by atoms with Crippen molar-refractivity contribution in [2.24, 2.45) is 5.92 Å². The molecule has 2 N–H and O–H groups in total. The molecule has 5 nitrogen and oxygen atoms in total. The van der Waals surface area contributed by atoms with Gasteiger partial charge in [-0.2, -0.15) is 0 Å². The van der Waals surface area contributed by atoms with Gasteiger partial charge in [0.05, 0.1) is 0 Å². The largest absolute Gasteiger partial charge is 0.341 e. The zero-order valence-electron chi connectivity index (χ0n) is 12.9. The third-order valence-electron chi connectivity index (χ3n) is 4.30.